The normalized spacial score (nSPS) is 34.5. The Morgan fingerprint density at radius 1 is 1.20 bits per heavy atom. The molecule has 3 fully saturated rings. The standard InChI is InChI=1S/C17H32N2O/c1-14-11-15(12-19(14)16-5-6-16)18-13-17(9-10-20)7-3-2-4-8-17/h14-16,18,20H,2-13H2,1H3. The van der Waals surface area contributed by atoms with Gasteiger partial charge in [0.05, 0.1) is 0 Å². The molecule has 2 saturated carbocycles. The fourth-order valence-corrected chi connectivity index (χ4v) is 4.53. The second kappa shape index (κ2) is 6.33. The number of aliphatic hydroxyl groups excluding tert-OH is 1. The van der Waals surface area contributed by atoms with Crippen molar-refractivity contribution in [2.45, 2.75) is 82.8 Å². The molecule has 0 aromatic heterocycles. The maximum Gasteiger partial charge on any atom is 0.0436 e. The molecular formula is C17H32N2O. The van der Waals surface area contributed by atoms with Gasteiger partial charge in [0, 0.05) is 37.8 Å². The van der Waals surface area contributed by atoms with Gasteiger partial charge >= 0.3 is 0 Å². The summed E-state index contributed by atoms with van der Waals surface area (Å²) >= 11 is 0. The molecule has 2 aliphatic carbocycles. The Bertz CT molecular complexity index is 305. The molecule has 0 amide bonds. The molecule has 20 heavy (non-hydrogen) atoms. The van der Waals surface area contributed by atoms with Crippen LogP contribution < -0.4 is 5.32 Å². The average molecular weight is 280 g/mol. The third-order valence-electron chi connectivity index (χ3n) is 5.96. The van der Waals surface area contributed by atoms with Crippen LogP contribution in [0.1, 0.15) is 64.7 Å². The summed E-state index contributed by atoms with van der Waals surface area (Å²) in [6.45, 7) is 5.13. The van der Waals surface area contributed by atoms with Crippen molar-refractivity contribution in [1.82, 2.24) is 10.2 Å². The SMILES string of the molecule is CC1CC(NCC2(CCO)CCCCC2)CN1C1CC1. The van der Waals surface area contributed by atoms with Crippen LogP contribution >= 0.6 is 0 Å². The Kier molecular flexibility index (Phi) is 4.68. The van der Waals surface area contributed by atoms with Crippen LogP contribution in [0.3, 0.4) is 0 Å². The zero-order valence-corrected chi connectivity index (χ0v) is 13.1. The van der Waals surface area contributed by atoms with E-state index in [0.717, 1.165) is 25.0 Å². The highest BCUT2D eigenvalue weighted by molar-refractivity contribution is 4.97. The topological polar surface area (TPSA) is 35.5 Å². The zero-order valence-electron chi connectivity index (χ0n) is 13.1. The van der Waals surface area contributed by atoms with Gasteiger partial charge in [-0.2, -0.15) is 0 Å². The third kappa shape index (κ3) is 3.37. The molecule has 2 unspecified atom stereocenters. The van der Waals surface area contributed by atoms with Gasteiger partial charge in [0.2, 0.25) is 0 Å². The van der Waals surface area contributed by atoms with E-state index in [1.165, 1.54) is 57.9 Å². The highest BCUT2D eigenvalue weighted by atomic mass is 16.3. The molecule has 116 valence electrons. The van der Waals surface area contributed by atoms with E-state index in [1.54, 1.807) is 0 Å². The first-order valence-corrected chi connectivity index (χ1v) is 8.82. The number of hydrogen-bond acceptors (Lipinski definition) is 3. The monoisotopic (exact) mass is 280 g/mol. The van der Waals surface area contributed by atoms with Gasteiger partial charge < -0.3 is 10.4 Å². The molecule has 2 N–H and O–H groups in total. The Labute approximate surface area is 124 Å². The highest BCUT2D eigenvalue weighted by Gasteiger charge is 2.39. The summed E-state index contributed by atoms with van der Waals surface area (Å²) in [5.74, 6) is 0. The lowest BCUT2D eigenvalue weighted by molar-refractivity contribution is 0.122. The number of likely N-dealkylation sites (tertiary alicyclic amines) is 1. The number of nitrogens with zero attached hydrogens (tertiary/aromatic N) is 1. The van der Waals surface area contributed by atoms with Gasteiger partial charge in [-0.15, -0.1) is 0 Å². The van der Waals surface area contributed by atoms with Crippen LogP contribution in [0.5, 0.6) is 0 Å². The summed E-state index contributed by atoms with van der Waals surface area (Å²) in [5.41, 5.74) is 0.392. The van der Waals surface area contributed by atoms with Crippen molar-refractivity contribution in [3.05, 3.63) is 0 Å². The van der Waals surface area contributed by atoms with Crippen LogP contribution in [-0.4, -0.2) is 47.8 Å². The minimum Gasteiger partial charge on any atom is -0.396 e. The van der Waals surface area contributed by atoms with Gasteiger partial charge in [0.15, 0.2) is 0 Å². The summed E-state index contributed by atoms with van der Waals surface area (Å²) in [6, 6.07) is 2.35. The largest absolute Gasteiger partial charge is 0.396 e. The maximum atomic E-state index is 9.40. The highest BCUT2D eigenvalue weighted by Crippen LogP contribution is 2.39. The van der Waals surface area contributed by atoms with Gasteiger partial charge in [-0.1, -0.05) is 19.3 Å². The van der Waals surface area contributed by atoms with Gasteiger partial charge in [0.1, 0.15) is 0 Å². The second-order valence-corrected chi connectivity index (χ2v) is 7.62. The van der Waals surface area contributed by atoms with E-state index < -0.39 is 0 Å². The second-order valence-electron chi connectivity index (χ2n) is 7.62. The van der Waals surface area contributed by atoms with E-state index in [2.05, 4.69) is 17.1 Å². The lowest BCUT2D eigenvalue weighted by Crippen LogP contribution is -2.42. The Hall–Kier alpha value is -0.120. The average Bonchev–Trinajstić information content (AvgIpc) is 3.22. The molecule has 2 atom stereocenters. The lowest BCUT2D eigenvalue weighted by Gasteiger charge is -2.38. The number of aliphatic hydroxyl groups is 1. The first-order chi connectivity index (χ1) is 9.72. The smallest absolute Gasteiger partial charge is 0.0436 e. The van der Waals surface area contributed by atoms with Crippen LogP contribution in [0.4, 0.5) is 0 Å². The van der Waals surface area contributed by atoms with E-state index in [1.807, 2.05) is 0 Å². The van der Waals surface area contributed by atoms with Crippen molar-refractivity contribution in [3.63, 3.8) is 0 Å². The quantitative estimate of drug-likeness (QED) is 0.785. The molecule has 1 aliphatic heterocycles. The van der Waals surface area contributed by atoms with Crippen molar-refractivity contribution < 1.29 is 5.11 Å². The Morgan fingerprint density at radius 2 is 1.95 bits per heavy atom. The van der Waals surface area contributed by atoms with Gasteiger partial charge in [-0.3, -0.25) is 4.90 Å². The summed E-state index contributed by atoms with van der Waals surface area (Å²) in [5, 5.41) is 13.3. The zero-order chi connectivity index (χ0) is 14.0. The minimum absolute atomic E-state index is 0.358. The van der Waals surface area contributed by atoms with Crippen molar-refractivity contribution in [2.75, 3.05) is 19.7 Å². The Balaban J connectivity index is 1.49. The van der Waals surface area contributed by atoms with E-state index in [0.29, 0.717) is 18.1 Å². The maximum absolute atomic E-state index is 9.40. The van der Waals surface area contributed by atoms with Gasteiger partial charge in [0.25, 0.3) is 0 Å². The number of rotatable bonds is 6. The van der Waals surface area contributed by atoms with Gasteiger partial charge in [-0.05, 0) is 50.9 Å². The summed E-state index contributed by atoms with van der Waals surface area (Å²) in [4.78, 5) is 2.72. The molecule has 1 saturated heterocycles. The third-order valence-corrected chi connectivity index (χ3v) is 5.96. The molecular weight excluding hydrogens is 248 g/mol. The van der Waals surface area contributed by atoms with Crippen LogP contribution in [0.2, 0.25) is 0 Å². The molecule has 0 aromatic rings. The van der Waals surface area contributed by atoms with E-state index >= 15 is 0 Å². The summed E-state index contributed by atoms with van der Waals surface area (Å²) < 4.78 is 0. The van der Waals surface area contributed by atoms with Crippen molar-refractivity contribution in [3.8, 4) is 0 Å². The van der Waals surface area contributed by atoms with E-state index in [9.17, 15) is 5.11 Å². The molecule has 3 aliphatic rings. The minimum atomic E-state index is 0.358. The molecule has 0 spiro atoms. The fraction of sp³-hybridized carbons (Fsp3) is 1.00. The summed E-state index contributed by atoms with van der Waals surface area (Å²) in [6.07, 6.45) is 11.9. The molecule has 3 nitrogen and oxygen atoms in total. The predicted molar refractivity (Wildman–Crippen MR) is 82.8 cm³/mol. The van der Waals surface area contributed by atoms with Gasteiger partial charge in [-0.25, -0.2) is 0 Å². The van der Waals surface area contributed by atoms with Crippen molar-refractivity contribution in [2.24, 2.45) is 5.41 Å². The number of hydrogen-bond donors (Lipinski definition) is 2. The molecule has 0 radical (unpaired) electrons. The molecule has 1 heterocycles. The molecule has 3 heteroatoms. The first kappa shape index (κ1) is 14.8. The van der Waals surface area contributed by atoms with Crippen molar-refractivity contribution >= 4 is 0 Å². The predicted octanol–water partition coefficient (Wildman–Crippen LogP) is 2.53. The van der Waals surface area contributed by atoms with E-state index in [4.69, 9.17) is 0 Å². The fourth-order valence-electron chi connectivity index (χ4n) is 4.53. The van der Waals surface area contributed by atoms with Crippen LogP contribution in [0.15, 0.2) is 0 Å². The van der Waals surface area contributed by atoms with Crippen LogP contribution in [-0.2, 0) is 0 Å². The first-order valence-electron chi connectivity index (χ1n) is 8.82. The number of nitrogens with one attached hydrogen (secondary N) is 1. The summed E-state index contributed by atoms with van der Waals surface area (Å²) in [7, 11) is 0. The molecule has 0 aromatic carbocycles. The van der Waals surface area contributed by atoms with Crippen LogP contribution in [0.25, 0.3) is 0 Å². The molecule has 3 rings (SSSR count). The Morgan fingerprint density at radius 3 is 2.60 bits per heavy atom. The van der Waals surface area contributed by atoms with E-state index in [-0.39, 0.29) is 0 Å². The lowest BCUT2D eigenvalue weighted by atomic mass is 9.72. The molecule has 0 bridgehead atoms. The van der Waals surface area contributed by atoms with Crippen molar-refractivity contribution in [1.29, 1.82) is 0 Å². The van der Waals surface area contributed by atoms with Crippen LogP contribution in [0, 0.1) is 5.41 Å².